The van der Waals surface area contributed by atoms with Crippen molar-refractivity contribution in [1.82, 2.24) is 14.8 Å². The Morgan fingerprint density at radius 3 is 2.61 bits per heavy atom. The Bertz CT molecular complexity index is 806. The molecule has 6 nitrogen and oxygen atoms in total. The monoisotopic (exact) mass is 380 g/mol. The van der Waals surface area contributed by atoms with E-state index in [4.69, 9.17) is 0 Å². The lowest BCUT2D eigenvalue weighted by molar-refractivity contribution is -0.132. The standard InChI is InChI=1S/C22H28N4O2/c1-17-3-5-18(6-4-17)16-26-12-9-20(22(26)28)24-10-2-11-25(14-13-24)21-8-7-19(27)15-23-21/h3-8,15,20,27H,2,9-14,16H2,1H3/t20-/m1/s1. The summed E-state index contributed by atoms with van der Waals surface area (Å²) in [6, 6.07) is 12.0. The first-order valence-electron chi connectivity index (χ1n) is 10.1. The Kier molecular flexibility index (Phi) is 5.48. The van der Waals surface area contributed by atoms with Crippen LogP contribution in [0.15, 0.2) is 42.6 Å². The molecule has 2 fully saturated rings. The van der Waals surface area contributed by atoms with Crippen LogP contribution in [0.2, 0.25) is 0 Å². The number of likely N-dealkylation sites (tertiary alicyclic amines) is 1. The number of aromatic nitrogens is 1. The summed E-state index contributed by atoms with van der Waals surface area (Å²) >= 11 is 0. The zero-order chi connectivity index (χ0) is 19.5. The maximum Gasteiger partial charge on any atom is 0.240 e. The summed E-state index contributed by atoms with van der Waals surface area (Å²) in [4.78, 5) is 23.9. The van der Waals surface area contributed by atoms with Gasteiger partial charge in [0.05, 0.1) is 12.2 Å². The predicted octanol–water partition coefficient (Wildman–Crippen LogP) is 2.41. The molecule has 28 heavy (non-hydrogen) atoms. The molecule has 4 rings (SSSR count). The summed E-state index contributed by atoms with van der Waals surface area (Å²) in [5, 5.41) is 9.44. The van der Waals surface area contributed by atoms with Crippen LogP contribution in [0.4, 0.5) is 5.82 Å². The molecule has 1 aromatic carbocycles. The van der Waals surface area contributed by atoms with Gasteiger partial charge in [0, 0.05) is 39.3 Å². The molecule has 0 bridgehead atoms. The highest BCUT2D eigenvalue weighted by Crippen LogP contribution is 2.23. The number of carbonyl (C=O) groups is 1. The third kappa shape index (κ3) is 4.12. The van der Waals surface area contributed by atoms with Crippen molar-refractivity contribution in [3.05, 3.63) is 53.7 Å². The molecular weight excluding hydrogens is 352 g/mol. The fraction of sp³-hybridized carbons (Fsp3) is 0.455. The van der Waals surface area contributed by atoms with Crippen molar-refractivity contribution in [3.8, 4) is 5.75 Å². The van der Waals surface area contributed by atoms with Crippen molar-refractivity contribution in [1.29, 1.82) is 0 Å². The van der Waals surface area contributed by atoms with E-state index in [1.54, 1.807) is 6.07 Å². The van der Waals surface area contributed by atoms with E-state index in [0.717, 1.165) is 51.4 Å². The Morgan fingerprint density at radius 2 is 1.86 bits per heavy atom. The number of carbonyl (C=O) groups excluding carboxylic acids is 1. The van der Waals surface area contributed by atoms with Gasteiger partial charge in [0.1, 0.15) is 11.6 Å². The summed E-state index contributed by atoms with van der Waals surface area (Å²) in [6.07, 6.45) is 3.40. The van der Waals surface area contributed by atoms with Crippen LogP contribution in [-0.4, -0.2) is 64.6 Å². The van der Waals surface area contributed by atoms with Gasteiger partial charge < -0.3 is 14.9 Å². The number of benzene rings is 1. The Hall–Kier alpha value is -2.60. The minimum Gasteiger partial charge on any atom is -0.506 e. The minimum absolute atomic E-state index is 0.00169. The number of pyridine rings is 1. The van der Waals surface area contributed by atoms with Crippen molar-refractivity contribution in [3.63, 3.8) is 0 Å². The number of rotatable bonds is 4. The van der Waals surface area contributed by atoms with E-state index >= 15 is 0 Å². The number of nitrogens with zero attached hydrogens (tertiary/aromatic N) is 4. The molecule has 0 unspecified atom stereocenters. The van der Waals surface area contributed by atoms with Gasteiger partial charge in [0.25, 0.3) is 0 Å². The largest absolute Gasteiger partial charge is 0.506 e. The van der Waals surface area contributed by atoms with E-state index in [-0.39, 0.29) is 17.7 Å². The summed E-state index contributed by atoms with van der Waals surface area (Å²) in [6.45, 7) is 7.17. The smallest absolute Gasteiger partial charge is 0.240 e. The molecule has 3 heterocycles. The molecule has 1 atom stereocenters. The summed E-state index contributed by atoms with van der Waals surface area (Å²) in [7, 11) is 0. The zero-order valence-corrected chi connectivity index (χ0v) is 16.4. The zero-order valence-electron chi connectivity index (χ0n) is 16.4. The number of hydrogen-bond donors (Lipinski definition) is 1. The highest BCUT2D eigenvalue weighted by atomic mass is 16.3. The second-order valence-electron chi connectivity index (χ2n) is 7.80. The molecule has 0 spiro atoms. The quantitative estimate of drug-likeness (QED) is 0.883. The van der Waals surface area contributed by atoms with Crippen LogP contribution in [0, 0.1) is 6.92 Å². The molecular formula is C22H28N4O2. The summed E-state index contributed by atoms with van der Waals surface area (Å²) < 4.78 is 0. The normalized spacial score (nSPS) is 21.2. The molecule has 1 amide bonds. The number of aryl methyl sites for hydroxylation is 1. The van der Waals surface area contributed by atoms with E-state index in [1.807, 2.05) is 11.0 Å². The molecule has 0 saturated carbocycles. The topological polar surface area (TPSA) is 59.9 Å². The van der Waals surface area contributed by atoms with Gasteiger partial charge >= 0.3 is 0 Å². The highest BCUT2D eigenvalue weighted by Gasteiger charge is 2.36. The van der Waals surface area contributed by atoms with E-state index in [0.29, 0.717) is 6.54 Å². The highest BCUT2D eigenvalue weighted by molar-refractivity contribution is 5.84. The molecule has 2 aliphatic heterocycles. The molecule has 2 aromatic rings. The van der Waals surface area contributed by atoms with Crippen molar-refractivity contribution < 1.29 is 9.90 Å². The minimum atomic E-state index is -0.00169. The molecule has 148 valence electrons. The molecule has 0 radical (unpaired) electrons. The number of aromatic hydroxyl groups is 1. The lowest BCUT2D eigenvalue weighted by Gasteiger charge is -2.27. The lowest BCUT2D eigenvalue weighted by atomic mass is 10.1. The maximum atomic E-state index is 13.0. The van der Waals surface area contributed by atoms with Gasteiger partial charge in [-0.15, -0.1) is 0 Å². The van der Waals surface area contributed by atoms with Crippen LogP contribution in [0.1, 0.15) is 24.0 Å². The van der Waals surface area contributed by atoms with Gasteiger partial charge in [0.15, 0.2) is 0 Å². The van der Waals surface area contributed by atoms with Crippen LogP contribution in [0.5, 0.6) is 5.75 Å². The number of anilines is 1. The SMILES string of the molecule is Cc1ccc(CN2CC[C@@H](N3CCCN(c4ccc(O)cn4)CC3)C2=O)cc1. The number of hydrogen-bond acceptors (Lipinski definition) is 5. The first kappa shape index (κ1) is 18.7. The molecule has 1 N–H and O–H groups in total. The van der Waals surface area contributed by atoms with E-state index in [1.165, 1.54) is 17.3 Å². The van der Waals surface area contributed by atoms with Gasteiger partial charge in [-0.2, -0.15) is 0 Å². The molecule has 1 aromatic heterocycles. The average molecular weight is 380 g/mol. The second-order valence-corrected chi connectivity index (χ2v) is 7.80. The molecule has 6 heteroatoms. The Morgan fingerprint density at radius 1 is 1.04 bits per heavy atom. The van der Waals surface area contributed by atoms with Crippen LogP contribution >= 0.6 is 0 Å². The van der Waals surface area contributed by atoms with Crippen LogP contribution in [0.25, 0.3) is 0 Å². The fourth-order valence-electron chi connectivity index (χ4n) is 4.18. The Labute approximate surface area is 166 Å². The second kappa shape index (κ2) is 8.19. The molecule has 0 aliphatic carbocycles. The number of amides is 1. The lowest BCUT2D eigenvalue weighted by Crippen LogP contribution is -2.43. The van der Waals surface area contributed by atoms with E-state index in [2.05, 4.69) is 46.0 Å². The summed E-state index contributed by atoms with van der Waals surface area (Å²) in [5.74, 6) is 1.33. The van der Waals surface area contributed by atoms with Crippen molar-refractivity contribution >= 4 is 11.7 Å². The average Bonchev–Trinajstić information content (AvgIpc) is 2.91. The van der Waals surface area contributed by atoms with Crippen LogP contribution in [-0.2, 0) is 11.3 Å². The first-order valence-corrected chi connectivity index (χ1v) is 10.1. The first-order chi connectivity index (χ1) is 13.6. The van der Waals surface area contributed by atoms with Crippen molar-refractivity contribution in [2.24, 2.45) is 0 Å². The van der Waals surface area contributed by atoms with E-state index < -0.39 is 0 Å². The van der Waals surface area contributed by atoms with Gasteiger partial charge in [-0.05, 0) is 37.5 Å². The Balaban J connectivity index is 1.36. The van der Waals surface area contributed by atoms with Crippen LogP contribution < -0.4 is 4.90 Å². The van der Waals surface area contributed by atoms with Crippen molar-refractivity contribution in [2.75, 3.05) is 37.6 Å². The third-order valence-corrected chi connectivity index (χ3v) is 5.79. The molecule has 2 aliphatic rings. The van der Waals surface area contributed by atoms with Gasteiger partial charge in [-0.3, -0.25) is 9.69 Å². The third-order valence-electron chi connectivity index (χ3n) is 5.79. The summed E-state index contributed by atoms with van der Waals surface area (Å²) in [5.41, 5.74) is 2.44. The van der Waals surface area contributed by atoms with Gasteiger partial charge in [-0.25, -0.2) is 4.98 Å². The van der Waals surface area contributed by atoms with Crippen molar-refractivity contribution in [2.45, 2.75) is 32.4 Å². The van der Waals surface area contributed by atoms with Gasteiger partial charge in [0.2, 0.25) is 5.91 Å². The predicted molar refractivity (Wildman–Crippen MR) is 109 cm³/mol. The van der Waals surface area contributed by atoms with E-state index in [9.17, 15) is 9.90 Å². The molecule has 2 saturated heterocycles. The van der Waals surface area contributed by atoms with Crippen LogP contribution in [0.3, 0.4) is 0 Å². The fourth-order valence-corrected chi connectivity index (χ4v) is 4.18. The maximum absolute atomic E-state index is 13.0. The van der Waals surface area contributed by atoms with Gasteiger partial charge in [-0.1, -0.05) is 29.8 Å².